The number of hydrogen-bond acceptors (Lipinski definition) is 5. The van der Waals surface area contributed by atoms with Crippen LogP contribution >= 0.6 is 0 Å². The van der Waals surface area contributed by atoms with Gasteiger partial charge in [-0.15, -0.1) is 0 Å². The van der Waals surface area contributed by atoms with Crippen molar-refractivity contribution >= 4 is 24.0 Å². The van der Waals surface area contributed by atoms with E-state index >= 15 is 0 Å². The van der Waals surface area contributed by atoms with Crippen molar-refractivity contribution in [3.8, 4) is 0 Å². The predicted molar refractivity (Wildman–Crippen MR) is 93.7 cm³/mol. The predicted octanol–water partition coefficient (Wildman–Crippen LogP) is 1.36. The Morgan fingerprint density at radius 1 is 1.23 bits per heavy atom. The minimum absolute atomic E-state index is 0.122. The van der Waals surface area contributed by atoms with Gasteiger partial charge in [-0.25, -0.2) is 4.79 Å². The van der Waals surface area contributed by atoms with Crippen molar-refractivity contribution in [3.63, 3.8) is 0 Å². The maximum Gasteiger partial charge on any atom is 0.335 e. The van der Waals surface area contributed by atoms with Crippen LogP contribution in [0.4, 0.5) is 5.69 Å². The van der Waals surface area contributed by atoms with Gasteiger partial charge in [0, 0.05) is 11.7 Å². The maximum absolute atomic E-state index is 11.6. The highest BCUT2D eigenvalue weighted by atomic mass is 16.5. The van der Waals surface area contributed by atoms with E-state index in [1.165, 1.54) is 6.42 Å². The molecule has 0 unspecified atom stereocenters. The Morgan fingerprint density at radius 3 is 2.50 bits per heavy atom. The second-order valence-electron chi connectivity index (χ2n) is 6.41. The molecule has 1 aliphatic carbocycles. The summed E-state index contributed by atoms with van der Waals surface area (Å²) in [5.41, 5.74) is 6.71. The number of carbonyl (C=O) groups excluding carboxylic acids is 1. The van der Waals surface area contributed by atoms with E-state index in [0.717, 1.165) is 32.1 Å². The van der Waals surface area contributed by atoms with Gasteiger partial charge in [-0.1, -0.05) is 31.4 Å². The summed E-state index contributed by atoms with van der Waals surface area (Å²) in [5.74, 6) is -2.89. The van der Waals surface area contributed by atoms with Crippen LogP contribution in [-0.4, -0.2) is 46.7 Å². The first-order valence-electron chi connectivity index (χ1n) is 8.59. The number of aliphatic carboxylic acids is 2. The van der Waals surface area contributed by atoms with Gasteiger partial charge in [-0.2, -0.15) is 0 Å². The molecular formula is C18H24N2O6. The number of nitrogens with two attached hydrogens (primary N) is 1. The molecule has 1 fully saturated rings. The van der Waals surface area contributed by atoms with E-state index in [4.69, 9.17) is 20.7 Å². The summed E-state index contributed by atoms with van der Waals surface area (Å²) in [6.45, 7) is -0.122. The quantitative estimate of drug-likeness (QED) is 0.564. The molecule has 0 saturated heterocycles. The van der Waals surface area contributed by atoms with E-state index < -0.39 is 24.1 Å². The lowest BCUT2D eigenvalue weighted by atomic mass is 9.94. The minimum Gasteiger partial charge on any atom is -0.480 e. The fourth-order valence-electron chi connectivity index (χ4n) is 3.17. The van der Waals surface area contributed by atoms with Gasteiger partial charge in [-0.3, -0.25) is 9.59 Å². The average Bonchev–Trinajstić information content (AvgIpc) is 2.63. The highest BCUT2D eigenvalue weighted by Gasteiger charge is 2.31. The largest absolute Gasteiger partial charge is 0.480 e. The second kappa shape index (κ2) is 9.30. The fourth-order valence-corrected chi connectivity index (χ4v) is 3.17. The van der Waals surface area contributed by atoms with Gasteiger partial charge in [-0.05, 0) is 30.5 Å². The van der Waals surface area contributed by atoms with Crippen LogP contribution in [0, 0.1) is 0 Å². The lowest BCUT2D eigenvalue weighted by Crippen LogP contribution is -2.47. The number of anilines is 1. The smallest absolute Gasteiger partial charge is 0.335 e. The molecule has 2 rings (SSSR count). The summed E-state index contributed by atoms with van der Waals surface area (Å²) in [6.07, 6.45) is 4.42. The number of benzene rings is 1. The zero-order valence-corrected chi connectivity index (χ0v) is 14.4. The Bertz CT molecular complexity index is 644. The van der Waals surface area contributed by atoms with Crippen molar-refractivity contribution in [2.24, 2.45) is 5.73 Å². The normalized spacial score (nSPS) is 17.3. The third kappa shape index (κ3) is 5.03. The second-order valence-corrected chi connectivity index (χ2v) is 6.41. The van der Waals surface area contributed by atoms with Crippen molar-refractivity contribution in [2.45, 2.75) is 56.9 Å². The summed E-state index contributed by atoms with van der Waals surface area (Å²) in [4.78, 5) is 35.3. The monoisotopic (exact) mass is 364 g/mol. The first kappa shape index (κ1) is 19.9. The van der Waals surface area contributed by atoms with E-state index in [0.29, 0.717) is 11.3 Å². The van der Waals surface area contributed by atoms with Crippen LogP contribution in [0.15, 0.2) is 24.3 Å². The van der Waals surface area contributed by atoms with Crippen LogP contribution in [-0.2, 0) is 25.7 Å². The summed E-state index contributed by atoms with van der Waals surface area (Å²) < 4.78 is 5.21. The molecular weight excluding hydrogens is 340 g/mol. The summed E-state index contributed by atoms with van der Waals surface area (Å²) in [6, 6.07) is 5.52. The highest BCUT2D eigenvalue weighted by molar-refractivity contribution is 5.84. The SMILES string of the molecule is N[C@H](C(=O)O)[C@H](OCc1cccc(N(C=O)C2CCCCC2)c1)C(=O)O. The number of amides is 1. The minimum atomic E-state index is -1.66. The molecule has 1 aromatic carbocycles. The van der Waals surface area contributed by atoms with E-state index in [9.17, 15) is 14.4 Å². The standard InChI is InChI=1S/C18H24N2O6/c19-15(17(22)23)16(18(24)25)26-10-12-5-4-8-14(9-12)20(11-21)13-6-2-1-3-7-13/h4-5,8-9,11,13,15-16H,1-3,6-7,10,19H2,(H,22,23)(H,24,25)/t15-,16-/m0/s1. The Balaban J connectivity index is 2.08. The van der Waals surface area contributed by atoms with E-state index in [2.05, 4.69) is 0 Å². The van der Waals surface area contributed by atoms with Crippen LogP contribution in [0.5, 0.6) is 0 Å². The summed E-state index contributed by atoms with van der Waals surface area (Å²) in [7, 11) is 0. The lowest BCUT2D eigenvalue weighted by Gasteiger charge is -2.31. The van der Waals surface area contributed by atoms with Crippen LogP contribution in [0.25, 0.3) is 0 Å². The number of rotatable bonds is 9. The molecule has 0 radical (unpaired) electrons. The average molecular weight is 364 g/mol. The molecule has 8 nitrogen and oxygen atoms in total. The molecule has 1 amide bonds. The molecule has 4 N–H and O–H groups in total. The first-order valence-corrected chi connectivity index (χ1v) is 8.59. The third-order valence-corrected chi connectivity index (χ3v) is 4.57. The first-order chi connectivity index (χ1) is 12.4. The van der Waals surface area contributed by atoms with Crippen molar-refractivity contribution in [2.75, 3.05) is 4.90 Å². The zero-order chi connectivity index (χ0) is 19.1. The van der Waals surface area contributed by atoms with E-state index in [1.807, 2.05) is 6.07 Å². The Labute approximate surface area is 151 Å². The molecule has 26 heavy (non-hydrogen) atoms. The third-order valence-electron chi connectivity index (χ3n) is 4.57. The lowest BCUT2D eigenvalue weighted by molar-refractivity contribution is -0.159. The number of nitrogens with zero attached hydrogens (tertiary/aromatic N) is 1. The molecule has 0 aliphatic heterocycles. The molecule has 0 aromatic heterocycles. The Hall–Kier alpha value is -2.45. The number of ether oxygens (including phenoxy) is 1. The molecule has 8 heteroatoms. The van der Waals surface area contributed by atoms with Crippen LogP contribution < -0.4 is 10.6 Å². The topological polar surface area (TPSA) is 130 Å². The molecule has 142 valence electrons. The molecule has 1 saturated carbocycles. The van der Waals surface area contributed by atoms with Crippen LogP contribution in [0.3, 0.4) is 0 Å². The maximum atomic E-state index is 11.6. The van der Waals surface area contributed by atoms with Crippen molar-refractivity contribution in [1.29, 1.82) is 0 Å². The summed E-state index contributed by atoms with van der Waals surface area (Å²) >= 11 is 0. The molecule has 0 bridgehead atoms. The number of hydrogen-bond donors (Lipinski definition) is 3. The molecule has 1 aliphatic rings. The Morgan fingerprint density at radius 2 is 1.92 bits per heavy atom. The fraction of sp³-hybridized carbons (Fsp3) is 0.500. The number of carboxylic acids is 2. The van der Waals surface area contributed by atoms with Crippen molar-refractivity contribution in [1.82, 2.24) is 0 Å². The highest BCUT2D eigenvalue weighted by Crippen LogP contribution is 2.27. The van der Waals surface area contributed by atoms with Gasteiger partial charge >= 0.3 is 11.9 Å². The van der Waals surface area contributed by atoms with Crippen LogP contribution in [0.1, 0.15) is 37.7 Å². The number of carbonyl (C=O) groups is 3. The van der Waals surface area contributed by atoms with Gasteiger partial charge in [0.25, 0.3) is 0 Å². The van der Waals surface area contributed by atoms with E-state index in [1.54, 1.807) is 23.1 Å². The van der Waals surface area contributed by atoms with Gasteiger partial charge in [0.05, 0.1) is 6.61 Å². The molecule has 2 atom stereocenters. The molecule has 1 aromatic rings. The van der Waals surface area contributed by atoms with Crippen LogP contribution in [0.2, 0.25) is 0 Å². The van der Waals surface area contributed by atoms with Gasteiger partial charge < -0.3 is 25.6 Å². The number of carboxylic acid groups (broad SMARTS) is 2. The zero-order valence-electron chi connectivity index (χ0n) is 14.4. The molecule has 0 heterocycles. The summed E-state index contributed by atoms with van der Waals surface area (Å²) in [5, 5.41) is 18.0. The van der Waals surface area contributed by atoms with Crippen molar-refractivity contribution < 1.29 is 29.3 Å². The van der Waals surface area contributed by atoms with Gasteiger partial charge in [0.15, 0.2) is 6.10 Å². The van der Waals surface area contributed by atoms with Crippen molar-refractivity contribution in [3.05, 3.63) is 29.8 Å². The van der Waals surface area contributed by atoms with Gasteiger partial charge in [0.2, 0.25) is 6.41 Å². The molecule has 0 spiro atoms. The Kier molecular flexibility index (Phi) is 7.11. The van der Waals surface area contributed by atoms with Gasteiger partial charge in [0.1, 0.15) is 6.04 Å². The van der Waals surface area contributed by atoms with E-state index in [-0.39, 0.29) is 12.6 Å².